The number of likely N-dealkylation sites (tertiary alicyclic amines) is 1. The molecule has 5 heteroatoms. The lowest BCUT2D eigenvalue weighted by molar-refractivity contribution is -0.135. The first-order chi connectivity index (χ1) is 15.0. The molecule has 2 unspecified atom stereocenters. The number of amides is 1. The van der Waals surface area contributed by atoms with Crippen molar-refractivity contribution in [3.8, 4) is 5.75 Å². The number of benzene rings is 2. The Morgan fingerprint density at radius 1 is 1.13 bits per heavy atom. The van der Waals surface area contributed by atoms with E-state index in [1.807, 2.05) is 12.1 Å². The highest BCUT2D eigenvalue weighted by Crippen LogP contribution is 2.34. The van der Waals surface area contributed by atoms with Crippen LogP contribution < -0.4 is 4.74 Å². The Morgan fingerprint density at radius 2 is 1.90 bits per heavy atom. The van der Waals surface area contributed by atoms with E-state index in [0.29, 0.717) is 12.6 Å². The van der Waals surface area contributed by atoms with Gasteiger partial charge in [0, 0.05) is 18.0 Å². The van der Waals surface area contributed by atoms with E-state index in [2.05, 4.69) is 56.0 Å². The number of hydrazone groups is 1. The zero-order chi connectivity index (χ0) is 22.0. The highest BCUT2D eigenvalue weighted by molar-refractivity contribution is 6.04. The fraction of sp³-hybridized carbons (Fsp3) is 0.462. The first-order valence-corrected chi connectivity index (χ1v) is 11.3. The third-order valence-corrected chi connectivity index (χ3v) is 6.65. The maximum Gasteiger partial charge on any atom is 0.257 e. The van der Waals surface area contributed by atoms with Gasteiger partial charge in [-0.1, -0.05) is 36.2 Å². The number of rotatable bonds is 5. The van der Waals surface area contributed by atoms with Gasteiger partial charge in [0.15, 0.2) is 0 Å². The van der Waals surface area contributed by atoms with E-state index >= 15 is 0 Å². The second kappa shape index (κ2) is 9.23. The van der Waals surface area contributed by atoms with Gasteiger partial charge in [-0.3, -0.25) is 9.69 Å². The summed E-state index contributed by atoms with van der Waals surface area (Å²) >= 11 is 0. The Hall–Kier alpha value is -2.66. The van der Waals surface area contributed by atoms with Gasteiger partial charge in [-0.2, -0.15) is 5.10 Å². The topological polar surface area (TPSA) is 45.1 Å². The molecule has 31 heavy (non-hydrogen) atoms. The molecule has 2 atom stereocenters. The van der Waals surface area contributed by atoms with E-state index < -0.39 is 0 Å². The normalized spacial score (nSPS) is 21.8. The van der Waals surface area contributed by atoms with Crippen molar-refractivity contribution in [3.05, 3.63) is 64.7 Å². The van der Waals surface area contributed by atoms with Crippen LogP contribution in [0.15, 0.2) is 47.6 Å². The van der Waals surface area contributed by atoms with Crippen molar-refractivity contribution in [3.63, 3.8) is 0 Å². The van der Waals surface area contributed by atoms with Gasteiger partial charge in [0.25, 0.3) is 5.91 Å². The van der Waals surface area contributed by atoms with Crippen molar-refractivity contribution in [2.24, 2.45) is 5.10 Å². The Labute approximate surface area is 185 Å². The van der Waals surface area contributed by atoms with Crippen molar-refractivity contribution in [2.75, 3.05) is 20.2 Å². The molecule has 2 heterocycles. The first kappa shape index (κ1) is 21.6. The number of nitrogens with zero attached hydrogens (tertiary/aromatic N) is 3. The van der Waals surface area contributed by atoms with Gasteiger partial charge in [-0.15, -0.1) is 0 Å². The molecule has 2 aliphatic heterocycles. The number of carbonyl (C=O) groups excluding carboxylic acids is 1. The van der Waals surface area contributed by atoms with Gasteiger partial charge in [-0.25, -0.2) is 5.01 Å². The molecule has 1 amide bonds. The molecule has 0 N–H and O–H groups in total. The molecule has 2 aromatic carbocycles. The summed E-state index contributed by atoms with van der Waals surface area (Å²) in [5.41, 5.74) is 5.61. The van der Waals surface area contributed by atoms with E-state index in [0.717, 1.165) is 48.4 Å². The standard InChI is InChI=1S/C26H33N3O2/c1-18-8-9-19(2)23(15-18)24-16-25(21-10-12-22(31-4)13-11-21)29(27-24)26(30)17-28-14-6-5-7-20(28)3/h8-13,15,20,25H,5-7,14,16-17H2,1-4H3. The van der Waals surface area contributed by atoms with Gasteiger partial charge in [-0.05, 0) is 69.5 Å². The van der Waals surface area contributed by atoms with Crippen LogP contribution in [0.3, 0.4) is 0 Å². The molecule has 2 aliphatic rings. The van der Waals surface area contributed by atoms with Crippen LogP contribution in [0.25, 0.3) is 0 Å². The summed E-state index contributed by atoms with van der Waals surface area (Å²) in [6.07, 6.45) is 4.29. The summed E-state index contributed by atoms with van der Waals surface area (Å²) < 4.78 is 5.32. The second-order valence-electron chi connectivity index (χ2n) is 8.91. The average molecular weight is 420 g/mol. The minimum atomic E-state index is -0.0894. The largest absolute Gasteiger partial charge is 0.497 e. The van der Waals surface area contributed by atoms with Gasteiger partial charge in [0.1, 0.15) is 5.75 Å². The molecular weight excluding hydrogens is 386 g/mol. The lowest BCUT2D eigenvalue weighted by Crippen LogP contribution is -2.44. The maximum atomic E-state index is 13.4. The average Bonchev–Trinajstić information content (AvgIpc) is 3.22. The SMILES string of the molecule is COc1ccc(C2CC(c3cc(C)ccc3C)=NN2C(=O)CN2CCCCC2C)cc1. The number of methoxy groups -OCH3 is 1. The zero-order valence-electron chi connectivity index (χ0n) is 19.1. The molecule has 5 nitrogen and oxygen atoms in total. The first-order valence-electron chi connectivity index (χ1n) is 11.3. The van der Waals surface area contributed by atoms with Crippen molar-refractivity contribution < 1.29 is 9.53 Å². The van der Waals surface area contributed by atoms with Crippen LogP contribution in [-0.2, 0) is 4.79 Å². The molecule has 0 aromatic heterocycles. The summed E-state index contributed by atoms with van der Waals surface area (Å²) in [6, 6.07) is 14.8. The Morgan fingerprint density at radius 3 is 2.61 bits per heavy atom. The lowest BCUT2D eigenvalue weighted by atomic mass is 9.95. The molecule has 164 valence electrons. The molecule has 1 saturated heterocycles. The molecule has 4 rings (SSSR count). The monoisotopic (exact) mass is 419 g/mol. The van der Waals surface area contributed by atoms with Crippen LogP contribution in [0, 0.1) is 13.8 Å². The third kappa shape index (κ3) is 4.67. The molecule has 1 fully saturated rings. The number of piperidine rings is 1. The summed E-state index contributed by atoms with van der Waals surface area (Å²) in [5, 5.41) is 6.63. The van der Waals surface area contributed by atoms with Crippen molar-refractivity contribution in [1.29, 1.82) is 0 Å². The summed E-state index contributed by atoms with van der Waals surface area (Å²) in [7, 11) is 1.67. The van der Waals surface area contributed by atoms with E-state index in [1.54, 1.807) is 12.1 Å². The van der Waals surface area contributed by atoms with Crippen molar-refractivity contribution in [1.82, 2.24) is 9.91 Å². The molecule has 0 spiro atoms. The van der Waals surface area contributed by atoms with E-state index in [4.69, 9.17) is 9.84 Å². The lowest BCUT2D eigenvalue weighted by Gasteiger charge is -2.34. The van der Waals surface area contributed by atoms with E-state index in [9.17, 15) is 4.79 Å². The highest BCUT2D eigenvalue weighted by Gasteiger charge is 2.35. The van der Waals surface area contributed by atoms with Crippen LogP contribution in [0.1, 0.15) is 60.9 Å². The Kier molecular flexibility index (Phi) is 6.42. The predicted octanol–water partition coefficient (Wildman–Crippen LogP) is 4.86. The van der Waals surface area contributed by atoms with E-state index in [1.165, 1.54) is 17.5 Å². The Balaban J connectivity index is 1.64. The molecule has 0 bridgehead atoms. The third-order valence-electron chi connectivity index (χ3n) is 6.65. The molecule has 0 saturated carbocycles. The number of aryl methyl sites for hydroxylation is 2. The van der Waals surface area contributed by atoms with Crippen LogP contribution in [0.2, 0.25) is 0 Å². The zero-order valence-corrected chi connectivity index (χ0v) is 19.1. The molecule has 2 aromatic rings. The smallest absolute Gasteiger partial charge is 0.257 e. The van der Waals surface area contributed by atoms with Crippen LogP contribution in [-0.4, -0.2) is 47.8 Å². The highest BCUT2D eigenvalue weighted by atomic mass is 16.5. The van der Waals surface area contributed by atoms with Crippen molar-refractivity contribution in [2.45, 2.75) is 58.5 Å². The Bertz CT molecular complexity index is 967. The van der Waals surface area contributed by atoms with Gasteiger partial charge < -0.3 is 4.74 Å². The summed E-state index contributed by atoms with van der Waals surface area (Å²) in [5.74, 6) is 0.896. The number of ether oxygens (including phenoxy) is 1. The minimum absolute atomic E-state index is 0.0786. The fourth-order valence-electron chi connectivity index (χ4n) is 4.67. The summed E-state index contributed by atoms with van der Waals surface area (Å²) in [4.78, 5) is 15.8. The molecule has 0 radical (unpaired) electrons. The molecule has 0 aliphatic carbocycles. The minimum Gasteiger partial charge on any atom is -0.497 e. The van der Waals surface area contributed by atoms with Gasteiger partial charge in [0.05, 0.1) is 25.4 Å². The van der Waals surface area contributed by atoms with Crippen LogP contribution in [0.4, 0.5) is 0 Å². The van der Waals surface area contributed by atoms with Gasteiger partial charge >= 0.3 is 0 Å². The number of carbonyl (C=O) groups is 1. The number of hydrogen-bond acceptors (Lipinski definition) is 4. The van der Waals surface area contributed by atoms with Crippen molar-refractivity contribution >= 4 is 11.6 Å². The van der Waals surface area contributed by atoms with Gasteiger partial charge in [0.2, 0.25) is 0 Å². The second-order valence-corrected chi connectivity index (χ2v) is 8.91. The number of hydrogen-bond donors (Lipinski definition) is 0. The predicted molar refractivity (Wildman–Crippen MR) is 125 cm³/mol. The maximum absolute atomic E-state index is 13.4. The van der Waals surface area contributed by atoms with Crippen LogP contribution in [0.5, 0.6) is 5.75 Å². The quantitative estimate of drug-likeness (QED) is 0.695. The molecular formula is C26H33N3O2. The summed E-state index contributed by atoms with van der Waals surface area (Å²) in [6.45, 7) is 7.85. The van der Waals surface area contributed by atoms with E-state index in [-0.39, 0.29) is 11.9 Å². The fourth-order valence-corrected chi connectivity index (χ4v) is 4.67. The van der Waals surface area contributed by atoms with Crippen LogP contribution >= 0.6 is 0 Å².